The van der Waals surface area contributed by atoms with Crippen LogP contribution in [0.5, 0.6) is 0 Å². The highest BCUT2D eigenvalue weighted by molar-refractivity contribution is 6.74. The Kier molecular flexibility index (Phi) is 6.61. The summed E-state index contributed by atoms with van der Waals surface area (Å²) < 4.78 is 25.5. The Labute approximate surface area is 177 Å². The average Bonchev–Trinajstić information content (AvgIpc) is 2.98. The van der Waals surface area contributed by atoms with Gasteiger partial charge in [-0.25, -0.2) is 4.79 Å². The van der Waals surface area contributed by atoms with Crippen molar-refractivity contribution in [2.24, 2.45) is 0 Å². The molecule has 2 atom stereocenters. The number of rotatable bonds is 6. The van der Waals surface area contributed by atoms with Crippen molar-refractivity contribution in [2.75, 3.05) is 40.0 Å². The predicted molar refractivity (Wildman–Crippen MR) is 115 cm³/mol. The lowest BCUT2D eigenvalue weighted by Crippen LogP contribution is -2.43. The van der Waals surface area contributed by atoms with Gasteiger partial charge in [-0.05, 0) is 18.1 Å². The van der Waals surface area contributed by atoms with E-state index < -0.39 is 31.9 Å². The molecule has 3 heterocycles. The van der Waals surface area contributed by atoms with Crippen LogP contribution >= 0.6 is 0 Å². The monoisotopic (exact) mass is 439 g/mol. The minimum atomic E-state index is -2.19. The normalized spacial score (nSPS) is 23.5. The highest BCUT2D eigenvalue weighted by Gasteiger charge is 2.47. The van der Waals surface area contributed by atoms with E-state index in [4.69, 9.17) is 18.6 Å². The van der Waals surface area contributed by atoms with Crippen molar-refractivity contribution in [1.29, 1.82) is 0 Å². The lowest BCUT2D eigenvalue weighted by Gasteiger charge is -2.38. The molecule has 0 spiro atoms. The number of aromatic amines is 1. The van der Waals surface area contributed by atoms with Crippen molar-refractivity contribution in [3.8, 4) is 0 Å². The number of methoxy groups -OCH3 is 1. The van der Waals surface area contributed by atoms with Gasteiger partial charge in [0.2, 0.25) is 14.5 Å². The summed E-state index contributed by atoms with van der Waals surface area (Å²) in [5, 5.41) is -0.0186. The molecule has 0 amide bonds. The molecule has 1 aromatic rings. The maximum Gasteiger partial charge on any atom is 0.331 e. The molecule has 1 N–H and O–H groups in total. The van der Waals surface area contributed by atoms with Gasteiger partial charge in [-0.3, -0.25) is 19.2 Å². The number of H-pyrrole nitrogens is 1. The van der Waals surface area contributed by atoms with E-state index in [1.165, 1.54) is 16.8 Å². The number of hydrogen-bond acceptors (Lipinski definition) is 7. The Morgan fingerprint density at radius 1 is 1.23 bits per heavy atom. The number of ether oxygens (including phenoxy) is 3. The largest absolute Gasteiger partial charge is 0.542 e. The summed E-state index contributed by atoms with van der Waals surface area (Å²) in [6.45, 7) is 14.3. The second-order valence-electron chi connectivity index (χ2n) is 9.22. The fourth-order valence-electron chi connectivity index (χ4n) is 3.23. The smallest absolute Gasteiger partial charge is 0.331 e. The van der Waals surface area contributed by atoms with Crippen molar-refractivity contribution in [3.05, 3.63) is 44.6 Å². The zero-order chi connectivity index (χ0) is 22.1. The van der Waals surface area contributed by atoms with Crippen molar-refractivity contribution >= 4 is 8.32 Å². The van der Waals surface area contributed by atoms with Gasteiger partial charge in [0.05, 0.1) is 19.8 Å². The standard InChI is InChI=1S/C20H33N3O6Si/c1-20(2,3)30(5,6)29-16-14(13-22-9-11-27-12-10-22)28-18(17(16)26-4)23-8-7-15(24)21-19(23)25/h7-8,17-18H,9-13H2,1-6H3,(H,21,24,25)/t17?,18-/m1/s1. The minimum absolute atomic E-state index is 0.0186. The summed E-state index contributed by atoms with van der Waals surface area (Å²) in [6, 6.07) is 1.30. The average molecular weight is 440 g/mol. The van der Waals surface area contributed by atoms with E-state index in [1.807, 2.05) is 0 Å². The van der Waals surface area contributed by atoms with Crippen LogP contribution in [0.2, 0.25) is 18.1 Å². The van der Waals surface area contributed by atoms with E-state index in [0.717, 1.165) is 13.1 Å². The van der Waals surface area contributed by atoms with E-state index >= 15 is 0 Å². The molecule has 30 heavy (non-hydrogen) atoms. The number of nitrogens with one attached hydrogen (secondary N) is 1. The first-order valence-electron chi connectivity index (χ1n) is 10.3. The Hall–Kier alpha value is -1.88. The zero-order valence-corrected chi connectivity index (χ0v) is 19.7. The van der Waals surface area contributed by atoms with Crippen LogP contribution in [-0.2, 0) is 18.6 Å². The Morgan fingerprint density at radius 3 is 2.47 bits per heavy atom. The number of aromatic nitrogens is 2. The van der Waals surface area contributed by atoms with E-state index in [0.29, 0.717) is 31.3 Å². The molecule has 1 unspecified atom stereocenters. The van der Waals surface area contributed by atoms with Crippen LogP contribution in [-0.4, -0.2) is 68.8 Å². The predicted octanol–water partition coefficient (Wildman–Crippen LogP) is 1.65. The fraction of sp³-hybridized carbons (Fsp3) is 0.700. The molecule has 0 saturated carbocycles. The SMILES string of the molecule is COC1C(O[Si](C)(C)C(C)(C)C)=C(CN2CCOCC2)O[C@H]1n1ccc(=O)[nH]c1=O. The molecule has 0 aliphatic carbocycles. The van der Waals surface area contributed by atoms with Crippen LogP contribution in [0.1, 0.15) is 27.0 Å². The second-order valence-corrected chi connectivity index (χ2v) is 13.9. The van der Waals surface area contributed by atoms with Gasteiger partial charge >= 0.3 is 5.69 Å². The second kappa shape index (κ2) is 8.70. The first-order chi connectivity index (χ1) is 14.0. The van der Waals surface area contributed by atoms with Crippen LogP contribution in [0.15, 0.2) is 33.4 Å². The molecule has 0 bridgehead atoms. The lowest BCUT2D eigenvalue weighted by molar-refractivity contribution is -0.0382. The third kappa shape index (κ3) is 4.71. The van der Waals surface area contributed by atoms with Crippen LogP contribution in [0.4, 0.5) is 0 Å². The van der Waals surface area contributed by atoms with Crippen LogP contribution in [0.25, 0.3) is 0 Å². The summed E-state index contributed by atoms with van der Waals surface area (Å²) in [4.78, 5) is 28.5. The van der Waals surface area contributed by atoms with Gasteiger partial charge in [0.1, 0.15) is 0 Å². The third-order valence-electron chi connectivity index (χ3n) is 6.08. The fourth-order valence-corrected chi connectivity index (χ4v) is 4.31. The molecule has 3 rings (SSSR count). The summed E-state index contributed by atoms with van der Waals surface area (Å²) in [5.74, 6) is 1.30. The summed E-state index contributed by atoms with van der Waals surface area (Å²) >= 11 is 0. The lowest BCUT2D eigenvalue weighted by atomic mass is 10.2. The van der Waals surface area contributed by atoms with Gasteiger partial charge in [0.15, 0.2) is 17.6 Å². The van der Waals surface area contributed by atoms with Gasteiger partial charge in [0, 0.05) is 32.5 Å². The van der Waals surface area contributed by atoms with Crippen molar-refractivity contribution in [2.45, 2.75) is 51.2 Å². The molecule has 168 valence electrons. The van der Waals surface area contributed by atoms with E-state index in [2.05, 4.69) is 43.7 Å². The Balaban J connectivity index is 1.98. The molecular formula is C20H33N3O6Si. The van der Waals surface area contributed by atoms with Gasteiger partial charge in [-0.2, -0.15) is 0 Å². The molecule has 2 aliphatic heterocycles. The van der Waals surface area contributed by atoms with Crippen molar-refractivity contribution in [3.63, 3.8) is 0 Å². The molecule has 1 aromatic heterocycles. The highest BCUT2D eigenvalue weighted by atomic mass is 28.4. The Bertz CT molecular complexity index is 895. The molecule has 10 heteroatoms. The minimum Gasteiger partial charge on any atom is -0.542 e. The topological polar surface area (TPSA) is 95.0 Å². The molecule has 0 radical (unpaired) electrons. The van der Waals surface area contributed by atoms with Gasteiger partial charge in [-0.15, -0.1) is 0 Å². The number of morpholine rings is 1. The quantitative estimate of drug-likeness (QED) is 0.674. The van der Waals surface area contributed by atoms with Crippen LogP contribution < -0.4 is 11.2 Å². The van der Waals surface area contributed by atoms with Crippen LogP contribution in [0.3, 0.4) is 0 Å². The van der Waals surface area contributed by atoms with E-state index in [-0.39, 0.29) is 5.04 Å². The molecule has 9 nitrogen and oxygen atoms in total. The highest BCUT2D eigenvalue weighted by Crippen LogP contribution is 2.43. The first kappa shape index (κ1) is 22.8. The van der Waals surface area contributed by atoms with Crippen molar-refractivity contribution in [1.82, 2.24) is 14.5 Å². The number of nitrogens with zero attached hydrogens (tertiary/aromatic N) is 2. The summed E-state index contributed by atoms with van der Waals surface area (Å²) in [7, 11) is -0.621. The molecule has 0 aromatic carbocycles. The van der Waals surface area contributed by atoms with Crippen LogP contribution in [0, 0.1) is 0 Å². The zero-order valence-electron chi connectivity index (χ0n) is 18.7. The summed E-state index contributed by atoms with van der Waals surface area (Å²) in [5.41, 5.74) is -1.00. The maximum atomic E-state index is 12.4. The van der Waals surface area contributed by atoms with E-state index in [9.17, 15) is 9.59 Å². The number of hydrogen-bond donors (Lipinski definition) is 1. The third-order valence-corrected chi connectivity index (χ3v) is 10.4. The first-order valence-corrected chi connectivity index (χ1v) is 13.2. The Morgan fingerprint density at radius 2 is 1.90 bits per heavy atom. The summed E-state index contributed by atoms with van der Waals surface area (Å²) in [6.07, 6.45) is 0.0772. The van der Waals surface area contributed by atoms with Gasteiger partial charge in [0.25, 0.3) is 5.56 Å². The molecular weight excluding hydrogens is 406 g/mol. The van der Waals surface area contributed by atoms with E-state index in [1.54, 1.807) is 7.11 Å². The maximum absolute atomic E-state index is 12.4. The van der Waals surface area contributed by atoms with Gasteiger partial charge < -0.3 is 18.6 Å². The van der Waals surface area contributed by atoms with Gasteiger partial charge in [-0.1, -0.05) is 20.8 Å². The molecule has 1 fully saturated rings. The molecule has 2 aliphatic rings. The molecule has 1 saturated heterocycles. The van der Waals surface area contributed by atoms with Crippen molar-refractivity contribution < 1.29 is 18.6 Å².